The second-order valence-electron chi connectivity index (χ2n) is 4.18. The van der Waals surface area contributed by atoms with Crippen LogP contribution in [0.1, 0.15) is 30.5 Å². The molecule has 0 aromatic carbocycles. The summed E-state index contributed by atoms with van der Waals surface area (Å²) in [5, 5.41) is 11.4. The molecule has 1 aliphatic heterocycles. The van der Waals surface area contributed by atoms with Gasteiger partial charge in [-0.3, -0.25) is 0 Å². The predicted molar refractivity (Wildman–Crippen MR) is 58.3 cm³/mol. The topological polar surface area (TPSA) is 81.7 Å². The van der Waals surface area contributed by atoms with Crippen LogP contribution in [0, 0.1) is 0 Å². The van der Waals surface area contributed by atoms with Gasteiger partial charge in [0.15, 0.2) is 5.82 Å². The van der Waals surface area contributed by atoms with Crippen molar-refractivity contribution in [2.45, 2.75) is 25.3 Å². The van der Waals surface area contributed by atoms with Crippen LogP contribution < -0.4 is 5.32 Å². The van der Waals surface area contributed by atoms with E-state index in [1.54, 1.807) is 11.0 Å². The zero-order valence-electron chi connectivity index (χ0n) is 9.41. The summed E-state index contributed by atoms with van der Waals surface area (Å²) in [6.45, 7) is 2.50. The van der Waals surface area contributed by atoms with E-state index in [0.29, 0.717) is 18.4 Å². The van der Waals surface area contributed by atoms with Crippen molar-refractivity contribution in [1.29, 1.82) is 0 Å². The highest BCUT2D eigenvalue weighted by molar-refractivity contribution is 4.98. The molecule has 7 nitrogen and oxygen atoms in total. The highest BCUT2D eigenvalue weighted by Gasteiger charge is 2.20. The lowest BCUT2D eigenvalue weighted by atomic mass is 9.99. The van der Waals surface area contributed by atoms with Gasteiger partial charge in [0.2, 0.25) is 5.89 Å². The molecule has 17 heavy (non-hydrogen) atoms. The van der Waals surface area contributed by atoms with E-state index in [2.05, 4.69) is 25.5 Å². The van der Waals surface area contributed by atoms with E-state index in [-0.39, 0.29) is 0 Å². The van der Waals surface area contributed by atoms with E-state index in [9.17, 15) is 0 Å². The summed E-state index contributed by atoms with van der Waals surface area (Å²) in [5.41, 5.74) is 0. The fourth-order valence-corrected chi connectivity index (χ4v) is 2.02. The lowest BCUT2D eigenvalue weighted by Crippen LogP contribution is -2.28. The Hall–Kier alpha value is -1.76. The zero-order chi connectivity index (χ0) is 11.5. The minimum atomic E-state index is 0.372. The van der Waals surface area contributed by atoms with Gasteiger partial charge in [0, 0.05) is 12.5 Å². The van der Waals surface area contributed by atoms with Crippen molar-refractivity contribution in [2.24, 2.45) is 0 Å². The fourth-order valence-electron chi connectivity index (χ4n) is 2.02. The molecule has 0 bridgehead atoms. The molecule has 2 aromatic heterocycles. The van der Waals surface area contributed by atoms with Crippen molar-refractivity contribution in [3.05, 3.63) is 24.4 Å². The highest BCUT2D eigenvalue weighted by Crippen LogP contribution is 2.20. The van der Waals surface area contributed by atoms with Gasteiger partial charge in [-0.2, -0.15) is 10.1 Å². The van der Waals surface area contributed by atoms with Crippen molar-refractivity contribution in [3.63, 3.8) is 0 Å². The third-order valence-electron chi connectivity index (χ3n) is 2.91. The van der Waals surface area contributed by atoms with Crippen molar-refractivity contribution in [1.82, 2.24) is 30.2 Å². The van der Waals surface area contributed by atoms with Crippen LogP contribution in [0.5, 0.6) is 0 Å². The van der Waals surface area contributed by atoms with E-state index in [0.717, 1.165) is 31.8 Å². The predicted octanol–water partition coefficient (Wildman–Crippen LogP) is 0.176. The van der Waals surface area contributed by atoms with Gasteiger partial charge in [-0.1, -0.05) is 5.16 Å². The first kappa shape index (κ1) is 10.4. The maximum absolute atomic E-state index is 5.21. The SMILES string of the molecule is c1ncn(Cc2nc(C3CCCNC3)no2)n1. The summed E-state index contributed by atoms with van der Waals surface area (Å²) < 4.78 is 6.88. The monoisotopic (exact) mass is 234 g/mol. The average Bonchev–Trinajstić information content (AvgIpc) is 3.02. The molecule has 0 amide bonds. The largest absolute Gasteiger partial charge is 0.337 e. The smallest absolute Gasteiger partial charge is 0.248 e. The summed E-state index contributed by atoms with van der Waals surface area (Å²) in [6.07, 6.45) is 5.40. The van der Waals surface area contributed by atoms with E-state index >= 15 is 0 Å². The second kappa shape index (κ2) is 4.62. The van der Waals surface area contributed by atoms with Crippen LogP contribution in [0.15, 0.2) is 17.2 Å². The number of piperidine rings is 1. The van der Waals surface area contributed by atoms with Crippen LogP contribution in [0.2, 0.25) is 0 Å². The number of hydrogen-bond acceptors (Lipinski definition) is 6. The van der Waals surface area contributed by atoms with Crippen LogP contribution >= 0.6 is 0 Å². The lowest BCUT2D eigenvalue weighted by molar-refractivity contribution is 0.352. The molecule has 90 valence electrons. The summed E-state index contributed by atoms with van der Waals surface area (Å²) in [6, 6.07) is 0. The number of nitrogens with one attached hydrogen (secondary N) is 1. The van der Waals surface area contributed by atoms with Gasteiger partial charge in [-0.15, -0.1) is 0 Å². The summed E-state index contributed by atoms with van der Waals surface area (Å²) in [4.78, 5) is 8.27. The Balaban J connectivity index is 1.69. The van der Waals surface area contributed by atoms with Gasteiger partial charge in [0.1, 0.15) is 19.2 Å². The van der Waals surface area contributed by atoms with Crippen LogP contribution in [0.4, 0.5) is 0 Å². The van der Waals surface area contributed by atoms with E-state index in [1.807, 2.05) is 0 Å². The van der Waals surface area contributed by atoms with Crippen LogP contribution in [-0.2, 0) is 6.54 Å². The minimum Gasteiger partial charge on any atom is -0.337 e. The summed E-state index contributed by atoms with van der Waals surface area (Å²) in [7, 11) is 0. The number of hydrogen-bond donors (Lipinski definition) is 1. The number of rotatable bonds is 3. The molecule has 1 aliphatic rings. The van der Waals surface area contributed by atoms with Crippen molar-refractivity contribution in [3.8, 4) is 0 Å². The zero-order valence-corrected chi connectivity index (χ0v) is 9.41. The lowest BCUT2D eigenvalue weighted by Gasteiger charge is -2.19. The average molecular weight is 234 g/mol. The molecule has 0 radical (unpaired) electrons. The van der Waals surface area contributed by atoms with Gasteiger partial charge in [-0.05, 0) is 19.4 Å². The minimum absolute atomic E-state index is 0.372. The van der Waals surface area contributed by atoms with E-state index in [4.69, 9.17) is 4.52 Å². The third-order valence-corrected chi connectivity index (χ3v) is 2.91. The maximum atomic E-state index is 5.21. The van der Waals surface area contributed by atoms with Gasteiger partial charge in [0.25, 0.3) is 0 Å². The van der Waals surface area contributed by atoms with Gasteiger partial charge in [-0.25, -0.2) is 9.67 Å². The van der Waals surface area contributed by atoms with E-state index in [1.165, 1.54) is 6.33 Å². The second-order valence-corrected chi connectivity index (χ2v) is 4.18. The summed E-state index contributed by atoms with van der Waals surface area (Å²) >= 11 is 0. The Morgan fingerprint density at radius 2 is 2.53 bits per heavy atom. The fraction of sp³-hybridized carbons (Fsp3) is 0.600. The van der Waals surface area contributed by atoms with Crippen molar-refractivity contribution < 1.29 is 4.52 Å². The molecule has 1 saturated heterocycles. The standard InChI is InChI=1S/C10H14N6O/c1-2-8(4-11-3-1)10-14-9(17-15-10)5-16-7-12-6-13-16/h6-8,11H,1-5H2. The molecular weight excluding hydrogens is 220 g/mol. The Kier molecular flexibility index (Phi) is 2.83. The van der Waals surface area contributed by atoms with Crippen LogP contribution in [-0.4, -0.2) is 38.0 Å². The molecule has 0 aliphatic carbocycles. The van der Waals surface area contributed by atoms with Crippen molar-refractivity contribution in [2.75, 3.05) is 13.1 Å². The third kappa shape index (κ3) is 2.33. The molecule has 1 unspecified atom stereocenters. The van der Waals surface area contributed by atoms with Gasteiger partial charge >= 0.3 is 0 Å². The number of nitrogens with zero attached hydrogens (tertiary/aromatic N) is 5. The molecule has 0 saturated carbocycles. The Morgan fingerprint density at radius 3 is 3.29 bits per heavy atom. The molecule has 3 rings (SSSR count). The normalized spacial score (nSPS) is 20.6. The molecule has 2 aromatic rings. The van der Waals surface area contributed by atoms with Crippen LogP contribution in [0.25, 0.3) is 0 Å². The molecule has 3 heterocycles. The van der Waals surface area contributed by atoms with Crippen molar-refractivity contribution >= 4 is 0 Å². The van der Waals surface area contributed by atoms with Crippen LogP contribution in [0.3, 0.4) is 0 Å². The highest BCUT2D eigenvalue weighted by atomic mass is 16.5. The van der Waals surface area contributed by atoms with E-state index < -0.39 is 0 Å². The Labute approximate surface area is 98.2 Å². The first-order chi connectivity index (χ1) is 8.42. The quantitative estimate of drug-likeness (QED) is 0.815. The number of aromatic nitrogens is 5. The molecular formula is C10H14N6O. The first-order valence-electron chi connectivity index (χ1n) is 5.77. The molecule has 1 fully saturated rings. The maximum Gasteiger partial charge on any atom is 0.248 e. The molecule has 7 heteroatoms. The summed E-state index contributed by atoms with van der Waals surface area (Å²) in [5.74, 6) is 1.75. The Morgan fingerprint density at radius 1 is 1.53 bits per heavy atom. The molecule has 0 spiro atoms. The van der Waals surface area contributed by atoms with Gasteiger partial charge in [0.05, 0.1) is 0 Å². The molecule has 1 atom stereocenters. The first-order valence-corrected chi connectivity index (χ1v) is 5.77. The van der Waals surface area contributed by atoms with Gasteiger partial charge < -0.3 is 9.84 Å². The Bertz CT molecular complexity index is 459. The molecule has 1 N–H and O–H groups in total.